The Morgan fingerprint density at radius 2 is 1.95 bits per heavy atom. The second-order valence-corrected chi connectivity index (χ2v) is 6.79. The second kappa shape index (κ2) is 4.98. The summed E-state index contributed by atoms with van der Waals surface area (Å²) >= 11 is 1.24. The van der Waals surface area contributed by atoms with Gasteiger partial charge >= 0.3 is 0 Å². The van der Waals surface area contributed by atoms with E-state index in [-0.39, 0.29) is 4.90 Å². The molecule has 10 heteroatoms. The van der Waals surface area contributed by atoms with Crippen LogP contribution in [-0.2, 0) is 10.0 Å². The van der Waals surface area contributed by atoms with Gasteiger partial charge in [0.15, 0.2) is 5.65 Å². The summed E-state index contributed by atoms with van der Waals surface area (Å²) in [4.78, 5) is 15.7. The van der Waals surface area contributed by atoms with Crippen molar-refractivity contribution in [1.82, 2.24) is 19.9 Å². The number of aromatic nitrogens is 4. The summed E-state index contributed by atoms with van der Waals surface area (Å²) in [6, 6.07) is 4.40. The summed E-state index contributed by atoms with van der Waals surface area (Å²) in [5, 5.41) is 5.74. The molecule has 0 radical (unpaired) electrons. The van der Waals surface area contributed by atoms with Crippen LogP contribution < -0.4 is 10.9 Å². The molecule has 0 spiro atoms. The Hall–Kier alpha value is -2.17. The van der Waals surface area contributed by atoms with Crippen molar-refractivity contribution in [1.29, 1.82) is 0 Å². The number of hydrogen-bond acceptors (Lipinski definition) is 7. The van der Waals surface area contributed by atoms with Crippen molar-refractivity contribution in [3.8, 4) is 0 Å². The predicted molar refractivity (Wildman–Crippen MR) is 78.0 cm³/mol. The van der Waals surface area contributed by atoms with E-state index in [1.807, 2.05) is 0 Å². The summed E-state index contributed by atoms with van der Waals surface area (Å²) < 4.78 is 22.9. The Labute approximate surface area is 124 Å². The second-order valence-electron chi connectivity index (χ2n) is 4.16. The van der Waals surface area contributed by atoms with E-state index in [1.54, 1.807) is 6.07 Å². The minimum atomic E-state index is -3.82. The molecule has 3 rings (SSSR count). The number of fused-ring (bicyclic) bond motifs is 1. The number of nitrogen functional groups attached to an aromatic ring is 1. The van der Waals surface area contributed by atoms with E-state index in [0.717, 1.165) is 0 Å². The first-order chi connectivity index (χ1) is 9.93. The van der Waals surface area contributed by atoms with Gasteiger partial charge in [-0.05, 0) is 18.2 Å². The van der Waals surface area contributed by atoms with Crippen molar-refractivity contribution >= 4 is 38.6 Å². The third-order valence-electron chi connectivity index (χ3n) is 2.63. The van der Waals surface area contributed by atoms with Crippen LogP contribution in [0.3, 0.4) is 0 Å². The maximum atomic E-state index is 11.4. The number of nitrogens with two attached hydrogens (primary N) is 2. The highest BCUT2D eigenvalue weighted by Gasteiger charge is 2.13. The molecule has 0 aliphatic heterocycles. The van der Waals surface area contributed by atoms with Crippen molar-refractivity contribution in [2.75, 3.05) is 5.73 Å². The standard InChI is InChI=1S/C11H10N6O2S2/c12-6-1-7(3-8(2-6)21(13,18)19)20-11-9-10(15-4-14-9)16-5-17-11/h1-5H,12H2,(H2,13,18,19)(H,14,15,16,17). The molecule has 0 aliphatic carbocycles. The van der Waals surface area contributed by atoms with Crippen LogP contribution in [-0.4, -0.2) is 28.4 Å². The maximum Gasteiger partial charge on any atom is 0.238 e. The van der Waals surface area contributed by atoms with Gasteiger partial charge in [0.2, 0.25) is 10.0 Å². The summed E-state index contributed by atoms with van der Waals surface area (Å²) in [7, 11) is -3.82. The molecule has 3 aromatic rings. The zero-order valence-corrected chi connectivity index (χ0v) is 12.1. The summed E-state index contributed by atoms with van der Waals surface area (Å²) in [6.07, 6.45) is 2.90. The average Bonchev–Trinajstić information content (AvgIpc) is 2.86. The fourth-order valence-electron chi connectivity index (χ4n) is 1.75. The molecule has 5 N–H and O–H groups in total. The van der Waals surface area contributed by atoms with Crippen LogP contribution in [0, 0.1) is 0 Å². The number of sulfonamides is 1. The van der Waals surface area contributed by atoms with Crippen molar-refractivity contribution in [2.24, 2.45) is 5.14 Å². The number of rotatable bonds is 3. The lowest BCUT2D eigenvalue weighted by Crippen LogP contribution is -2.12. The first-order valence-electron chi connectivity index (χ1n) is 5.69. The first-order valence-corrected chi connectivity index (χ1v) is 8.05. The molecule has 108 valence electrons. The minimum Gasteiger partial charge on any atom is -0.399 e. The molecule has 2 heterocycles. The molecule has 0 saturated carbocycles. The lowest BCUT2D eigenvalue weighted by molar-refractivity contribution is 0.597. The van der Waals surface area contributed by atoms with E-state index in [2.05, 4.69) is 19.9 Å². The zero-order chi connectivity index (χ0) is 15.0. The summed E-state index contributed by atoms with van der Waals surface area (Å²) in [6.45, 7) is 0. The van der Waals surface area contributed by atoms with E-state index in [4.69, 9.17) is 10.9 Å². The van der Waals surface area contributed by atoms with Crippen LogP contribution in [0.5, 0.6) is 0 Å². The lowest BCUT2D eigenvalue weighted by atomic mass is 10.3. The van der Waals surface area contributed by atoms with E-state index in [9.17, 15) is 8.42 Å². The molecule has 21 heavy (non-hydrogen) atoms. The normalized spacial score (nSPS) is 11.9. The monoisotopic (exact) mass is 322 g/mol. The number of nitrogens with one attached hydrogen (secondary N) is 1. The Morgan fingerprint density at radius 3 is 2.71 bits per heavy atom. The number of H-pyrrole nitrogens is 1. The smallest absolute Gasteiger partial charge is 0.238 e. The van der Waals surface area contributed by atoms with Gasteiger partial charge in [-0.25, -0.2) is 28.5 Å². The highest BCUT2D eigenvalue weighted by molar-refractivity contribution is 7.99. The third kappa shape index (κ3) is 2.82. The number of anilines is 1. The minimum absolute atomic E-state index is 0.0417. The van der Waals surface area contributed by atoms with Crippen molar-refractivity contribution in [3.63, 3.8) is 0 Å². The summed E-state index contributed by atoms with van der Waals surface area (Å²) in [5.74, 6) is 0. The summed E-state index contributed by atoms with van der Waals surface area (Å²) in [5.41, 5.74) is 7.22. The molecule has 0 aliphatic rings. The number of primary sulfonamides is 1. The largest absolute Gasteiger partial charge is 0.399 e. The van der Waals surface area contributed by atoms with Crippen LogP contribution >= 0.6 is 11.8 Å². The Morgan fingerprint density at radius 1 is 1.14 bits per heavy atom. The van der Waals surface area contributed by atoms with Crippen LogP contribution in [0.15, 0.2) is 45.7 Å². The van der Waals surface area contributed by atoms with Gasteiger partial charge in [0.1, 0.15) is 16.9 Å². The quantitative estimate of drug-likeness (QED) is 0.477. The molecular formula is C11H10N6O2S2. The molecule has 0 saturated heterocycles. The van der Waals surface area contributed by atoms with Gasteiger partial charge in [0, 0.05) is 10.6 Å². The van der Waals surface area contributed by atoms with Crippen molar-refractivity contribution < 1.29 is 8.42 Å². The number of aromatic amines is 1. The predicted octanol–water partition coefficient (Wildman–Crippen LogP) is 0.734. The van der Waals surface area contributed by atoms with Crippen LogP contribution in [0.1, 0.15) is 0 Å². The van der Waals surface area contributed by atoms with Crippen LogP contribution in [0.4, 0.5) is 5.69 Å². The molecular weight excluding hydrogens is 312 g/mol. The topological polar surface area (TPSA) is 141 Å². The number of benzene rings is 1. The van der Waals surface area contributed by atoms with Crippen molar-refractivity contribution in [2.45, 2.75) is 14.8 Å². The molecule has 0 atom stereocenters. The van der Waals surface area contributed by atoms with E-state index in [0.29, 0.717) is 26.8 Å². The fourth-order valence-corrected chi connectivity index (χ4v) is 3.37. The first kappa shape index (κ1) is 13.8. The van der Waals surface area contributed by atoms with E-state index >= 15 is 0 Å². The van der Waals surface area contributed by atoms with Gasteiger partial charge in [-0.15, -0.1) is 0 Å². The Balaban J connectivity index is 2.06. The van der Waals surface area contributed by atoms with Gasteiger partial charge in [0.05, 0.1) is 11.2 Å². The number of hydrogen-bond donors (Lipinski definition) is 3. The fraction of sp³-hybridized carbons (Fsp3) is 0. The van der Waals surface area contributed by atoms with Gasteiger partial charge in [-0.3, -0.25) is 0 Å². The molecule has 1 aromatic carbocycles. The average molecular weight is 322 g/mol. The van der Waals surface area contributed by atoms with Crippen LogP contribution in [0.2, 0.25) is 0 Å². The molecule has 0 unspecified atom stereocenters. The van der Waals surface area contributed by atoms with Gasteiger partial charge < -0.3 is 10.7 Å². The number of imidazole rings is 1. The van der Waals surface area contributed by atoms with Gasteiger partial charge in [-0.2, -0.15) is 0 Å². The van der Waals surface area contributed by atoms with Crippen molar-refractivity contribution in [3.05, 3.63) is 30.9 Å². The third-order valence-corrected chi connectivity index (χ3v) is 4.50. The molecule has 0 amide bonds. The Bertz CT molecular complexity index is 921. The van der Waals surface area contributed by atoms with Gasteiger partial charge in [0.25, 0.3) is 0 Å². The molecule has 2 aromatic heterocycles. The molecule has 0 fully saturated rings. The zero-order valence-electron chi connectivity index (χ0n) is 10.5. The highest BCUT2D eigenvalue weighted by Crippen LogP contribution is 2.32. The van der Waals surface area contributed by atoms with E-state index < -0.39 is 10.0 Å². The Kier molecular flexibility index (Phi) is 3.27. The van der Waals surface area contributed by atoms with Crippen LogP contribution in [0.25, 0.3) is 11.2 Å². The number of nitrogens with zero attached hydrogens (tertiary/aromatic N) is 3. The van der Waals surface area contributed by atoms with Gasteiger partial charge in [-0.1, -0.05) is 11.8 Å². The van der Waals surface area contributed by atoms with E-state index in [1.165, 1.54) is 36.5 Å². The highest BCUT2D eigenvalue weighted by atomic mass is 32.2. The SMILES string of the molecule is Nc1cc(Sc2ncnc3nc[nH]c23)cc(S(N)(=O)=O)c1. The lowest BCUT2D eigenvalue weighted by Gasteiger charge is -2.06. The maximum absolute atomic E-state index is 11.4. The molecule has 0 bridgehead atoms. The molecule has 8 nitrogen and oxygen atoms in total.